The lowest BCUT2D eigenvalue weighted by atomic mass is 9.72. The van der Waals surface area contributed by atoms with Crippen molar-refractivity contribution in [3.63, 3.8) is 0 Å². The maximum atomic E-state index is 13.4. The van der Waals surface area contributed by atoms with Gasteiger partial charge in [0.1, 0.15) is 10.8 Å². The van der Waals surface area contributed by atoms with Crippen molar-refractivity contribution in [2.75, 3.05) is 0 Å². The summed E-state index contributed by atoms with van der Waals surface area (Å²) >= 11 is 1.62. The Morgan fingerprint density at radius 3 is 2.72 bits per heavy atom. The largest absolute Gasteiger partial charge is 0.467 e. The molecule has 1 aliphatic carbocycles. The molecule has 0 spiro atoms. The minimum absolute atomic E-state index is 0.0612. The second-order valence-corrected chi connectivity index (χ2v) is 11.7. The van der Waals surface area contributed by atoms with Crippen LogP contribution in [0.1, 0.15) is 59.3 Å². The van der Waals surface area contributed by atoms with E-state index in [0.29, 0.717) is 23.8 Å². The van der Waals surface area contributed by atoms with Crippen LogP contribution in [-0.4, -0.2) is 21.3 Å². The number of benzene rings is 1. The highest BCUT2D eigenvalue weighted by Crippen LogP contribution is 2.45. The molecule has 0 fully saturated rings. The van der Waals surface area contributed by atoms with E-state index in [9.17, 15) is 9.59 Å². The number of carbonyl (C=O) groups is 1. The first kappa shape index (κ1) is 24.3. The van der Waals surface area contributed by atoms with Crippen molar-refractivity contribution in [3.05, 3.63) is 74.4 Å². The number of furan rings is 1. The highest BCUT2D eigenvalue weighted by atomic mass is 32.1. The fourth-order valence-electron chi connectivity index (χ4n) is 5.04. The van der Waals surface area contributed by atoms with Crippen molar-refractivity contribution in [1.29, 1.82) is 0 Å². The van der Waals surface area contributed by atoms with E-state index >= 15 is 0 Å². The summed E-state index contributed by atoms with van der Waals surface area (Å²) in [5.41, 5.74) is 4.56. The van der Waals surface area contributed by atoms with Crippen molar-refractivity contribution in [2.24, 2.45) is 30.4 Å². The number of thiophene rings is 1. The van der Waals surface area contributed by atoms with Crippen LogP contribution in [0.25, 0.3) is 11.0 Å². The second-order valence-electron chi connectivity index (χ2n) is 10.7. The Kier molecular flexibility index (Phi) is 6.24. The van der Waals surface area contributed by atoms with Gasteiger partial charge < -0.3 is 9.73 Å². The first-order valence-corrected chi connectivity index (χ1v) is 13.1. The molecular formula is C28H32N4O3S. The van der Waals surface area contributed by atoms with Crippen molar-refractivity contribution in [3.8, 4) is 0 Å². The zero-order chi connectivity index (χ0) is 25.6. The molecule has 7 nitrogen and oxygen atoms in total. The number of aromatic nitrogens is 2. The summed E-state index contributed by atoms with van der Waals surface area (Å²) < 4.78 is 8.66. The summed E-state index contributed by atoms with van der Waals surface area (Å²) in [5.74, 6) is 1.17. The molecule has 8 heteroatoms. The fourth-order valence-corrected chi connectivity index (χ4v) is 6.31. The molecule has 0 aliphatic heterocycles. The van der Waals surface area contributed by atoms with Crippen LogP contribution in [0.3, 0.4) is 0 Å². The number of hydrogen-bond donors (Lipinski definition) is 1. The van der Waals surface area contributed by atoms with Crippen LogP contribution in [0.4, 0.5) is 5.00 Å². The molecule has 188 valence electrons. The second kappa shape index (κ2) is 9.24. The SMILES string of the molecule is Cn1c(=O)n(C)c2cc(C=Nc3sc4c(c3C(=O)NCc3ccco3)CC[C@@H](C(C)(C)C)C4)ccc21. The van der Waals surface area contributed by atoms with E-state index in [1.807, 2.05) is 30.3 Å². The number of fused-ring (bicyclic) bond motifs is 2. The molecule has 0 saturated heterocycles. The first-order chi connectivity index (χ1) is 17.1. The molecular weight excluding hydrogens is 472 g/mol. The van der Waals surface area contributed by atoms with Gasteiger partial charge in [-0.3, -0.25) is 13.9 Å². The number of hydrogen-bond acceptors (Lipinski definition) is 5. The number of rotatable bonds is 5. The minimum Gasteiger partial charge on any atom is -0.467 e. The van der Waals surface area contributed by atoms with Crippen molar-refractivity contribution >= 4 is 39.5 Å². The van der Waals surface area contributed by atoms with Gasteiger partial charge in [0, 0.05) is 25.2 Å². The lowest BCUT2D eigenvalue weighted by Crippen LogP contribution is -2.28. The molecule has 1 aliphatic rings. The quantitative estimate of drug-likeness (QED) is 0.371. The molecule has 0 bridgehead atoms. The number of nitrogens with zero attached hydrogens (tertiary/aromatic N) is 3. The number of imidazole rings is 1. The predicted octanol–water partition coefficient (Wildman–Crippen LogP) is 5.36. The maximum Gasteiger partial charge on any atom is 0.328 e. The normalized spacial score (nSPS) is 16.1. The monoisotopic (exact) mass is 504 g/mol. The molecule has 1 N–H and O–H groups in total. The predicted molar refractivity (Wildman–Crippen MR) is 145 cm³/mol. The van der Waals surface area contributed by atoms with E-state index in [2.05, 4.69) is 26.1 Å². The molecule has 1 amide bonds. The maximum absolute atomic E-state index is 13.4. The van der Waals surface area contributed by atoms with Gasteiger partial charge in [-0.2, -0.15) is 0 Å². The lowest BCUT2D eigenvalue weighted by Gasteiger charge is -2.33. The number of carbonyl (C=O) groups excluding carboxylic acids is 1. The van der Waals surface area contributed by atoms with Crippen LogP contribution >= 0.6 is 11.3 Å². The van der Waals surface area contributed by atoms with Crippen LogP contribution < -0.4 is 11.0 Å². The average molecular weight is 505 g/mol. The highest BCUT2D eigenvalue weighted by Gasteiger charge is 2.33. The van der Waals surface area contributed by atoms with Crippen molar-refractivity contribution in [1.82, 2.24) is 14.5 Å². The Labute approximate surface area is 214 Å². The molecule has 0 radical (unpaired) electrons. The van der Waals surface area contributed by atoms with Crippen LogP contribution in [-0.2, 0) is 33.5 Å². The molecule has 3 heterocycles. The number of nitrogens with one attached hydrogen (secondary N) is 1. The van der Waals surface area contributed by atoms with Gasteiger partial charge in [0.15, 0.2) is 0 Å². The number of aryl methyl sites for hydroxylation is 2. The van der Waals surface area contributed by atoms with Crippen molar-refractivity contribution in [2.45, 2.75) is 46.6 Å². The van der Waals surface area contributed by atoms with E-state index in [4.69, 9.17) is 9.41 Å². The van der Waals surface area contributed by atoms with Gasteiger partial charge in [-0.25, -0.2) is 9.79 Å². The van der Waals surface area contributed by atoms with Gasteiger partial charge >= 0.3 is 5.69 Å². The Morgan fingerprint density at radius 1 is 1.22 bits per heavy atom. The Bertz CT molecular complexity index is 1510. The van der Waals surface area contributed by atoms with Gasteiger partial charge in [-0.15, -0.1) is 11.3 Å². The van der Waals surface area contributed by atoms with Crippen LogP contribution in [0.15, 0.2) is 50.8 Å². The molecule has 4 aromatic rings. The van der Waals surface area contributed by atoms with Gasteiger partial charge in [0.25, 0.3) is 5.91 Å². The molecule has 3 aromatic heterocycles. The Hall–Kier alpha value is -3.39. The molecule has 0 saturated carbocycles. The third-order valence-electron chi connectivity index (χ3n) is 7.33. The summed E-state index contributed by atoms with van der Waals surface area (Å²) in [6.07, 6.45) is 6.31. The topological polar surface area (TPSA) is 81.5 Å². The van der Waals surface area contributed by atoms with Gasteiger partial charge in [-0.05, 0) is 66.0 Å². The zero-order valence-corrected chi connectivity index (χ0v) is 22.2. The van der Waals surface area contributed by atoms with Crippen LogP contribution in [0, 0.1) is 11.3 Å². The van der Waals surface area contributed by atoms with Gasteiger partial charge in [0.05, 0.1) is 29.4 Å². The summed E-state index contributed by atoms with van der Waals surface area (Å²) in [7, 11) is 3.54. The molecule has 1 atom stereocenters. The zero-order valence-electron chi connectivity index (χ0n) is 21.4. The molecule has 5 rings (SSSR count). The van der Waals surface area contributed by atoms with Crippen molar-refractivity contribution < 1.29 is 9.21 Å². The fraction of sp³-hybridized carbons (Fsp3) is 0.393. The molecule has 0 unspecified atom stereocenters. The highest BCUT2D eigenvalue weighted by molar-refractivity contribution is 7.16. The van der Waals surface area contributed by atoms with Gasteiger partial charge in [-0.1, -0.05) is 26.8 Å². The summed E-state index contributed by atoms with van der Waals surface area (Å²) in [5, 5.41) is 3.75. The standard InChI is InChI=1S/C28H32N4O3S/c1-28(2,3)18-9-10-20-23(14-18)36-26(24(20)25(33)29-16-19-7-6-12-35-19)30-15-17-8-11-21-22(13-17)32(5)27(34)31(21)4/h6-8,11-13,15,18H,9-10,14,16H2,1-5H3,(H,29,33)/t18-/m1/s1. The first-order valence-electron chi connectivity index (χ1n) is 12.3. The smallest absolute Gasteiger partial charge is 0.328 e. The van der Waals surface area contributed by atoms with E-state index in [1.165, 1.54) is 4.88 Å². The minimum atomic E-state index is -0.119. The van der Waals surface area contributed by atoms with Crippen LogP contribution in [0.5, 0.6) is 0 Å². The Balaban J connectivity index is 1.50. The number of aliphatic imine (C=N–C) groups is 1. The summed E-state index contributed by atoms with van der Waals surface area (Å²) in [6, 6.07) is 9.51. The van der Waals surface area contributed by atoms with E-state index in [-0.39, 0.29) is 17.0 Å². The summed E-state index contributed by atoms with van der Waals surface area (Å²) in [6.45, 7) is 7.21. The van der Waals surface area contributed by atoms with E-state index < -0.39 is 0 Å². The lowest BCUT2D eigenvalue weighted by molar-refractivity contribution is 0.0947. The van der Waals surface area contributed by atoms with Gasteiger partial charge in [0.2, 0.25) is 0 Å². The summed E-state index contributed by atoms with van der Waals surface area (Å²) in [4.78, 5) is 31.8. The molecule has 36 heavy (non-hydrogen) atoms. The van der Waals surface area contributed by atoms with Crippen LogP contribution in [0.2, 0.25) is 0 Å². The third-order valence-corrected chi connectivity index (χ3v) is 8.49. The number of amides is 1. The average Bonchev–Trinajstić information content (AvgIpc) is 3.55. The Morgan fingerprint density at radius 2 is 2.00 bits per heavy atom. The van der Waals surface area contributed by atoms with E-state index in [0.717, 1.165) is 46.4 Å². The molecule has 1 aromatic carbocycles. The third kappa shape index (κ3) is 4.46. The van der Waals surface area contributed by atoms with E-state index in [1.54, 1.807) is 47.0 Å².